The molecule has 0 N–H and O–H groups in total. The fraction of sp³-hybridized carbons (Fsp3) is 0.188. The number of carbonyl (C=O) groups is 1. The Morgan fingerprint density at radius 3 is 2.86 bits per heavy atom. The highest BCUT2D eigenvalue weighted by Crippen LogP contribution is 2.23. The molecule has 0 aliphatic rings. The first-order valence-electron chi connectivity index (χ1n) is 6.89. The molecule has 2 heterocycles. The molecule has 112 valence electrons. The summed E-state index contributed by atoms with van der Waals surface area (Å²) in [6, 6.07) is 9.48. The lowest BCUT2D eigenvalue weighted by molar-refractivity contribution is 0.0482. The number of hydrogen-bond acceptors (Lipinski definition) is 5. The monoisotopic (exact) mass is 297 g/mol. The first-order valence-corrected chi connectivity index (χ1v) is 6.89. The summed E-state index contributed by atoms with van der Waals surface area (Å²) in [5.41, 5.74) is 2.11. The summed E-state index contributed by atoms with van der Waals surface area (Å²) >= 11 is 0. The smallest absolute Gasteiger partial charge is 0.361 e. The highest BCUT2D eigenvalue weighted by Gasteiger charge is 2.19. The van der Waals surface area contributed by atoms with Gasteiger partial charge in [0.15, 0.2) is 17.8 Å². The third kappa shape index (κ3) is 3.06. The fourth-order valence-corrected chi connectivity index (χ4v) is 2.03. The van der Waals surface area contributed by atoms with Gasteiger partial charge in [-0.05, 0) is 13.0 Å². The van der Waals surface area contributed by atoms with Crippen LogP contribution in [0.25, 0.3) is 11.3 Å². The van der Waals surface area contributed by atoms with Crippen molar-refractivity contribution in [1.82, 2.24) is 14.8 Å². The van der Waals surface area contributed by atoms with Crippen LogP contribution >= 0.6 is 0 Å². The van der Waals surface area contributed by atoms with Crippen molar-refractivity contribution in [2.45, 2.75) is 13.5 Å². The van der Waals surface area contributed by atoms with Gasteiger partial charge < -0.3 is 9.15 Å². The second-order valence-corrected chi connectivity index (χ2v) is 4.80. The Balaban J connectivity index is 1.68. The highest BCUT2D eigenvalue weighted by atomic mass is 16.5. The Morgan fingerprint density at radius 2 is 2.14 bits per heavy atom. The molecule has 0 atom stereocenters. The van der Waals surface area contributed by atoms with E-state index in [0.717, 1.165) is 11.1 Å². The first-order chi connectivity index (χ1) is 10.7. The number of aryl methyl sites for hydroxylation is 1. The third-order valence-corrected chi connectivity index (χ3v) is 3.19. The second kappa shape index (κ2) is 6.26. The molecule has 2 aromatic heterocycles. The summed E-state index contributed by atoms with van der Waals surface area (Å²) < 4.78 is 12.2. The minimum Gasteiger partial charge on any atom is -0.459 e. The molecule has 0 radical (unpaired) electrons. The van der Waals surface area contributed by atoms with Crippen LogP contribution in [0.15, 0.2) is 53.5 Å². The van der Waals surface area contributed by atoms with Gasteiger partial charge in [-0.2, -0.15) is 5.10 Å². The summed E-state index contributed by atoms with van der Waals surface area (Å²) in [4.78, 5) is 16.1. The molecule has 3 aromatic rings. The van der Waals surface area contributed by atoms with Crippen LogP contribution in [0.2, 0.25) is 0 Å². The van der Waals surface area contributed by atoms with Gasteiger partial charge >= 0.3 is 5.97 Å². The highest BCUT2D eigenvalue weighted by molar-refractivity contribution is 5.93. The summed E-state index contributed by atoms with van der Waals surface area (Å²) in [6.45, 7) is 2.71. The summed E-state index contributed by atoms with van der Waals surface area (Å²) in [5.74, 6) is -0.0828. The molecule has 0 aliphatic carbocycles. The predicted molar refractivity (Wildman–Crippen MR) is 79.2 cm³/mol. The van der Waals surface area contributed by atoms with Crippen LogP contribution in [0, 0.1) is 6.92 Å². The van der Waals surface area contributed by atoms with Crippen molar-refractivity contribution in [2.75, 3.05) is 6.61 Å². The minimum absolute atomic E-state index is 0.185. The lowest BCUT2D eigenvalue weighted by Crippen LogP contribution is -2.12. The molecule has 1 aromatic carbocycles. The molecule has 6 nitrogen and oxygen atoms in total. The van der Waals surface area contributed by atoms with Crippen LogP contribution in [0.4, 0.5) is 0 Å². The number of aromatic nitrogens is 3. The molecule has 22 heavy (non-hydrogen) atoms. The van der Waals surface area contributed by atoms with E-state index in [1.165, 1.54) is 6.39 Å². The maximum atomic E-state index is 12.1. The number of benzene rings is 1. The van der Waals surface area contributed by atoms with Crippen LogP contribution < -0.4 is 0 Å². The van der Waals surface area contributed by atoms with Gasteiger partial charge in [-0.15, -0.1) is 0 Å². The number of esters is 1. The van der Waals surface area contributed by atoms with Crippen LogP contribution in [0.3, 0.4) is 0 Å². The number of ether oxygens (including phenoxy) is 1. The van der Waals surface area contributed by atoms with E-state index in [1.807, 2.05) is 43.5 Å². The van der Waals surface area contributed by atoms with E-state index in [-0.39, 0.29) is 12.3 Å². The SMILES string of the molecule is Cc1ccc(-c2ocnc2C(=O)OCCn2cccn2)cc1. The Hall–Kier alpha value is -2.89. The standard InChI is InChI=1S/C16H15N3O3/c1-12-3-5-13(6-4-12)15-14(17-11-22-15)16(20)21-10-9-19-8-2-7-18-19/h2-8,11H,9-10H2,1H3. The zero-order chi connectivity index (χ0) is 15.4. The van der Waals surface area contributed by atoms with Crippen molar-refractivity contribution in [3.05, 3.63) is 60.4 Å². The number of hydrogen-bond donors (Lipinski definition) is 0. The predicted octanol–water partition coefficient (Wildman–Crippen LogP) is 2.70. The molecule has 0 unspecified atom stereocenters. The Morgan fingerprint density at radius 1 is 1.32 bits per heavy atom. The molecule has 0 saturated carbocycles. The molecule has 0 aliphatic heterocycles. The van der Waals surface area contributed by atoms with Gasteiger partial charge in [-0.3, -0.25) is 4.68 Å². The van der Waals surface area contributed by atoms with Crippen LogP contribution in [0.5, 0.6) is 0 Å². The largest absolute Gasteiger partial charge is 0.459 e. The van der Waals surface area contributed by atoms with Crippen molar-refractivity contribution in [3.63, 3.8) is 0 Å². The van der Waals surface area contributed by atoms with E-state index < -0.39 is 5.97 Å². The Kier molecular flexibility index (Phi) is 4.00. The molecule has 6 heteroatoms. The molecular formula is C16H15N3O3. The fourth-order valence-electron chi connectivity index (χ4n) is 2.03. The van der Waals surface area contributed by atoms with Crippen molar-refractivity contribution >= 4 is 5.97 Å². The quantitative estimate of drug-likeness (QED) is 0.677. The van der Waals surface area contributed by atoms with E-state index in [0.29, 0.717) is 12.3 Å². The van der Waals surface area contributed by atoms with Gasteiger partial charge in [0.05, 0.1) is 6.54 Å². The molecule has 0 bridgehead atoms. The second-order valence-electron chi connectivity index (χ2n) is 4.80. The van der Waals surface area contributed by atoms with Crippen molar-refractivity contribution < 1.29 is 13.9 Å². The third-order valence-electron chi connectivity index (χ3n) is 3.19. The molecule has 0 amide bonds. The van der Waals surface area contributed by atoms with Gasteiger partial charge in [-0.25, -0.2) is 9.78 Å². The number of rotatable bonds is 5. The maximum Gasteiger partial charge on any atom is 0.361 e. The summed E-state index contributed by atoms with van der Waals surface area (Å²) in [5, 5.41) is 4.04. The number of nitrogens with zero attached hydrogens (tertiary/aromatic N) is 3. The van der Waals surface area contributed by atoms with E-state index in [2.05, 4.69) is 10.1 Å². The van der Waals surface area contributed by atoms with Crippen molar-refractivity contribution in [2.24, 2.45) is 0 Å². The zero-order valence-corrected chi connectivity index (χ0v) is 12.1. The molecular weight excluding hydrogens is 282 g/mol. The Bertz CT molecular complexity index is 745. The van der Waals surface area contributed by atoms with E-state index >= 15 is 0 Å². The Labute approximate surface area is 127 Å². The summed E-state index contributed by atoms with van der Waals surface area (Å²) in [7, 11) is 0. The van der Waals surface area contributed by atoms with E-state index in [9.17, 15) is 4.79 Å². The van der Waals surface area contributed by atoms with Gasteiger partial charge in [0, 0.05) is 18.0 Å². The van der Waals surface area contributed by atoms with Crippen molar-refractivity contribution in [1.29, 1.82) is 0 Å². The number of oxazole rings is 1. The molecule has 0 fully saturated rings. The molecule has 3 rings (SSSR count). The molecule has 0 saturated heterocycles. The number of carbonyl (C=O) groups excluding carboxylic acids is 1. The van der Waals surface area contributed by atoms with Gasteiger partial charge in [0.2, 0.25) is 0 Å². The van der Waals surface area contributed by atoms with Crippen LogP contribution in [-0.2, 0) is 11.3 Å². The molecule has 0 spiro atoms. The van der Waals surface area contributed by atoms with Gasteiger partial charge in [0.1, 0.15) is 6.61 Å². The normalized spacial score (nSPS) is 10.6. The lowest BCUT2D eigenvalue weighted by atomic mass is 10.1. The van der Waals surface area contributed by atoms with Crippen LogP contribution in [-0.4, -0.2) is 27.3 Å². The van der Waals surface area contributed by atoms with Gasteiger partial charge in [-0.1, -0.05) is 29.8 Å². The van der Waals surface area contributed by atoms with Crippen LogP contribution in [0.1, 0.15) is 16.1 Å². The lowest BCUT2D eigenvalue weighted by Gasteiger charge is -2.05. The average molecular weight is 297 g/mol. The maximum absolute atomic E-state index is 12.1. The summed E-state index contributed by atoms with van der Waals surface area (Å²) in [6.07, 6.45) is 4.73. The first kappa shape index (κ1) is 14.1. The van der Waals surface area contributed by atoms with Crippen molar-refractivity contribution in [3.8, 4) is 11.3 Å². The minimum atomic E-state index is -0.503. The average Bonchev–Trinajstić information content (AvgIpc) is 3.19. The topological polar surface area (TPSA) is 70.2 Å². The van der Waals surface area contributed by atoms with E-state index in [1.54, 1.807) is 10.9 Å². The zero-order valence-electron chi connectivity index (χ0n) is 12.1. The van der Waals surface area contributed by atoms with Gasteiger partial charge in [0.25, 0.3) is 0 Å². The van der Waals surface area contributed by atoms with E-state index in [4.69, 9.17) is 9.15 Å².